The van der Waals surface area contributed by atoms with Crippen molar-refractivity contribution in [3.8, 4) is 5.75 Å². The van der Waals surface area contributed by atoms with Gasteiger partial charge in [0.1, 0.15) is 11.6 Å². The fourth-order valence-electron chi connectivity index (χ4n) is 2.87. The molecule has 1 amide bonds. The average molecular weight is 472 g/mol. The molecule has 3 rings (SSSR count). The molecule has 0 unspecified atom stereocenters. The summed E-state index contributed by atoms with van der Waals surface area (Å²) in [4.78, 5) is 14.1. The van der Waals surface area contributed by atoms with Crippen LogP contribution in [0.1, 0.15) is 0 Å². The molecule has 1 saturated heterocycles. The maximum absolute atomic E-state index is 13.0. The smallest absolute Gasteiger partial charge is 0.261 e. The molecule has 8 nitrogen and oxygen atoms in total. The predicted octanol–water partition coefficient (Wildman–Crippen LogP) is 2.11. The molecular weight excluding hydrogens is 449 g/mol. The minimum atomic E-state index is -3.92. The van der Waals surface area contributed by atoms with Crippen LogP contribution in [0.4, 0.5) is 10.1 Å². The molecule has 0 radical (unpaired) electrons. The standard InChI is InChI=1S/C20H23ClFN3O5S/c21-18-13-17(31(27,28)24-16-3-1-15(22)2-4-16)5-6-19(18)30-14-20(26)23-7-8-25-9-11-29-12-10-25/h1-6,13,24H,7-12,14H2,(H,23,26). The molecule has 0 bridgehead atoms. The Kier molecular flexibility index (Phi) is 8.08. The van der Waals surface area contributed by atoms with Gasteiger partial charge in [-0.25, -0.2) is 12.8 Å². The van der Waals surface area contributed by atoms with Gasteiger partial charge in [-0.3, -0.25) is 14.4 Å². The quantitative estimate of drug-likeness (QED) is 0.581. The van der Waals surface area contributed by atoms with Crippen LogP contribution < -0.4 is 14.8 Å². The van der Waals surface area contributed by atoms with Crippen molar-refractivity contribution in [3.63, 3.8) is 0 Å². The van der Waals surface area contributed by atoms with Crippen LogP contribution in [-0.2, 0) is 19.6 Å². The molecule has 1 aliphatic rings. The highest BCUT2D eigenvalue weighted by Gasteiger charge is 2.17. The highest BCUT2D eigenvalue weighted by Crippen LogP contribution is 2.28. The summed E-state index contributed by atoms with van der Waals surface area (Å²) in [5.74, 6) is -0.595. The highest BCUT2D eigenvalue weighted by molar-refractivity contribution is 7.92. The van der Waals surface area contributed by atoms with E-state index in [4.69, 9.17) is 21.1 Å². The first kappa shape index (κ1) is 23.3. The zero-order valence-corrected chi connectivity index (χ0v) is 18.2. The summed E-state index contributed by atoms with van der Waals surface area (Å²) in [6.07, 6.45) is 0. The molecule has 168 valence electrons. The molecule has 1 aliphatic heterocycles. The molecule has 1 heterocycles. The third kappa shape index (κ3) is 7.06. The highest BCUT2D eigenvalue weighted by atomic mass is 35.5. The lowest BCUT2D eigenvalue weighted by Crippen LogP contribution is -2.42. The maximum Gasteiger partial charge on any atom is 0.261 e. The van der Waals surface area contributed by atoms with Gasteiger partial charge in [-0.15, -0.1) is 0 Å². The van der Waals surface area contributed by atoms with Crippen LogP contribution in [0.5, 0.6) is 5.75 Å². The second kappa shape index (κ2) is 10.8. The molecule has 0 aromatic heterocycles. The molecular formula is C20H23ClFN3O5S. The van der Waals surface area contributed by atoms with Crippen molar-refractivity contribution < 1.29 is 27.1 Å². The average Bonchev–Trinajstić information content (AvgIpc) is 2.75. The summed E-state index contributed by atoms with van der Waals surface area (Å²) in [7, 11) is -3.92. The second-order valence-electron chi connectivity index (χ2n) is 6.80. The van der Waals surface area contributed by atoms with Gasteiger partial charge >= 0.3 is 0 Å². The zero-order chi connectivity index (χ0) is 22.3. The van der Waals surface area contributed by atoms with Crippen molar-refractivity contribution in [2.24, 2.45) is 0 Å². The van der Waals surface area contributed by atoms with Gasteiger partial charge in [-0.05, 0) is 42.5 Å². The summed E-state index contributed by atoms with van der Waals surface area (Å²) in [6.45, 7) is 4.04. The van der Waals surface area contributed by atoms with E-state index in [1.807, 2.05) is 0 Å². The number of carbonyl (C=O) groups is 1. The van der Waals surface area contributed by atoms with Crippen LogP contribution >= 0.6 is 11.6 Å². The minimum Gasteiger partial charge on any atom is -0.482 e. The third-order valence-corrected chi connectivity index (χ3v) is 6.20. The largest absolute Gasteiger partial charge is 0.482 e. The molecule has 2 aromatic carbocycles. The number of benzene rings is 2. The predicted molar refractivity (Wildman–Crippen MR) is 114 cm³/mol. The Balaban J connectivity index is 1.50. The van der Waals surface area contributed by atoms with Crippen molar-refractivity contribution in [2.75, 3.05) is 50.7 Å². The Morgan fingerprint density at radius 1 is 1.16 bits per heavy atom. The number of morpholine rings is 1. The Hall–Kier alpha value is -2.40. The first-order valence-electron chi connectivity index (χ1n) is 9.61. The third-order valence-electron chi connectivity index (χ3n) is 4.52. The van der Waals surface area contributed by atoms with Crippen LogP contribution in [0.25, 0.3) is 0 Å². The Morgan fingerprint density at radius 3 is 2.55 bits per heavy atom. The molecule has 2 aromatic rings. The van der Waals surface area contributed by atoms with Crippen LogP contribution in [0.2, 0.25) is 5.02 Å². The summed E-state index contributed by atoms with van der Waals surface area (Å²) < 4.78 is 51.0. The lowest BCUT2D eigenvalue weighted by atomic mass is 10.3. The lowest BCUT2D eigenvalue weighted by Gasteiger charge is -2.26. The fourth-order valence-corrected chi connectivity index (χ4v) is 4.25. The summed E-state index contributed by atoms with van der Waals surface area (Å²) in [6, 6.07) is 8.82. The van der Waals surface area contributed by atoms with Gasteiger partial charge in [0.25, 0.3) is 15.9 Å². The van der Waals surface area contributed by atoms with Gasteiger partial charge in [0.2, 0.25) is 0 Å². The number of hydrogen-bond acceptors (Lipinski definition) is 6. The maximum atomic E-state index is 13.0. The summed E-state index contributed by atoms with van der Waals surface area (Å²) in [5.41, 5.74) is 0.214. The normalized spacial score (nSPS) is 14.8. The Morgan fingerprint density at radius 2 is 1.87 bits per heavy atom. The van der Waals surface area contributed by atoms with Gasteiger partial charge in [-0.1, -0.05) is 11.6 Å². The molecule has 0 aliphatic carbocycles. The van der Waals surface area contributed by atoms with Crippen molar-refractivity contribution in [1.82, 2.24) is 10.2 Å². The van der Waals surface area contributed by atoms with Gasteiger partial charge in [0.05, 0.1) is 23.1 Å². The zero-order valence-electron chi connectivity index (χ0n) is 16.6. The first-order valence-corrected chi connectivity index (χ1v) is 11.5. The molecule has 0 saturated carbocycles. The van der Waals surface area contributed by atoms with Gasteiger partial charge in [0, 0.05) is 31.9 Å². The second-order valence-corrected chi connectivity index (χ2v) is 8.89. The Bertz CT molecular complexity index is 998. The number of halogens is 2. The topological polar surface area (TPSA) is 97.0 Å². The minimum absolute atomic E-state index is 0.0445. The van der Waals surface area contributed by atoms with Gasteiger partial charge in [-0.2, -0.15) is 0 Å². The summed E-state index contributed by atoms with van der Waals surface area (Å²) >= 11 is 6.13. The van der Waals surface area contributed by atoms with Crippen molar-refractivity contribution in [2.45, 2.75) is 4.90 Å². The van der Waals surface area contributed by atoms with Crippen molar-refractivity contribution >= 4 is 33.2 Å². The van der Waals surface area contributed by atoms with E-state index in [0.29, 0.717) is 19.8 Å². The van der Waals surface area contributed by atoms with E-state index >= 15 is 0 Å². The number of anilines is 1. The number of hydrogen-bond donors (Lipinski definition) is 2. The fraction of sp³-hybridized carbons (Fsp3) is 0.350. The van der Waals surface area contributed by atoms with E-state index in [0.717, 1.165) is 31.8 Å². The molecule has 2 N–H and O–H groups in total. The molecule has 1 fully saturated rings. The van der Waals surface area contributed by atoms with Crippen molar-refractivity contribution in [1.29, 1.82) is 0 Å². The number of nitrogens with zero attached hydrogens (tertiary/aromatic N) is 1. The van der Waals surface area contributed by atoms with E-state index in [-0.39, 0.29) is 33.9 Å². The van der Waals surface area contributed by atoms with Crippen LogP contribution in [0, 0.1) is 5.82 Å². The van der Waals surface area contributed by atoms with Gasteiger partial charge in [0.15, 0.2) is 6.61 Å². The molecule has 0 atom stereocenters. The Labute approximate surface area is 185 Å². The van der Waals surface area contributed by atoms with Crippen LogP contribution in [0.3, 0.4) is 0 Å². The number of amides is 1. The SMILES string of the molecule is O=C(COc1ccc(S(=O)(=O)Nc2ccc(F)cc2)cc1Cl)NCCN1CCOCC1. The number of ether oxygens (including phenoxy) is 2. The molecule has 11 heteroatoms. The first-order chi connectivity index (χ1) is 14.8. The molecule has 0 spiro atoms. The van der Waals surface area contributed by atoms with Crippen LogP contribution in [0.15, 0.2) is 47.4 Å². The lowest BCUT2D eigenvalue weighted by molar-refractivity contribution is -0.123. The monoisotopic (exact) mass is 471 g/mol. The van der Waals surface area contributed by atoms with Gasteiger partial charge < -0.3 is 14.8 Å². The number of nitrogens with one attached hydrogen (secondary N) is 2. The van der Waals surface area contributed by atoms with E-state index in [2.05, 4.69) is 14.9 Å². The van der Waals surface area contributed by atoms with E-state index in [1.165, 1.54) is 30.3 Å². The molecule has 31 heavy (non-hydrogen) atoms. The number of sulfonamides is 1. The van der Waals surface area contributed by atoms with E-state index < -0.39 is 15.8 Å². The van der Waals surface area contributed by atoms with E-state index in [1.54, 1.807) is 0 Å². The number of carbonyl (C=O) groups excluding carboxylic acids is 1. The van der Waals surface area contributed by atoms with Crippen molar-refractivity contribution in [3.05, 3.63) is 53.3 Å². The summed E-state index contributed by atoms with van der Waals surface area (Å²) in [5, 5.41) is 2.81. The number of rotatable bonds is 9. The van der Waals surface area contributed by atoms with E-state index in [9.17, 15) is 17.6 Å². The van der Waals surface area contributed by atoms with Crippen LogP contribution in [-0.4, -0.2) is 65.2 Å².